The van der Waals surface area contributed by atoms with Crippen LogP contribution in [0, 0.1) is 0 Å². The standard InChI is InChI=1S/C12H15N3O5/c13-12(20)15-9(7-4-2-1-3-5-7)10(17)14-8(6-16)11(18)19/h1-5,8-9,16H,6H2,(H,14,17)(H,18,19)(H3,13,15,20)/t8-,9?/m0/s1. The van der Waals surface area contributed by atoms with E-state index in [0.717, 1.165) is 0 Å². The maximum Gasteiger partial charge on any atom is 0.328 e. The van der Waals surface area contributed by atoms with Crippen LogP contribution in [0.3, 0.4) is 0 Å². The lowest BCUT2D eigenvalue weighted by molar-refractivity contribution is -0.143. The molecule has 1 rings (SSSR count). The second-order valence-corrected chi connectivity index (χ2v) is 3.93. The number of aliphatic hydroxyl groups excluding tert-OH is 1. The Morgan fingerprint density at radius 1 is 1.15 bits per heavy atom. The first-order valence-electron chi connectivity index (χ1n) is 5.70. The number of aliphatic hydroxyl groups is 1. The first-order chi connectivity index (χ1) is 9.45. The molecule has 0 aromatic heterocycles. The Labute approximate surface area is 114 Å². The fourth-order valence-electron chi connectivity index (χ4n) is 1.53. The Balaban J connectivity index is 2.91. The smallest absolute Gasteiger partial charge is 0.328 e. The van der Waals surface area contributed by atoms with Crippen molar-refractivity contribution in [1.29, 1.82) is 0 Å². The molecule has 1 unspecified atom stereocenters. The van der Waals surface area contributed by atoms with Crippen LogP contribution in [0.25, 0.3) is 0 Å². The van der Waals surface area contributed by atoms with Crippen LogP contribution in [0.1, 0.15) is 11.6 Å². The number of urea groups is 1. The summed E-state index contributed by atoms with van der Waals surface area (Å²) in [5.74, 6) is -2.16. The predicted molar refractivity (Wildman–Crippen MR) is 68.6 cm³/mol. The van der Waals surface area contributed by atoms with Crippen molar-refractivity contribution >= 4 is 17.9 Å². The number of carbonyl (C=O) groups excluding carboxylic acids is 2. The van der Waals surface area contributed by atoms with Crippen molar-refractivity contribution in [2.45, 2.75) is 12.1 Å². The van der Waals surface area contributed by atoms with Crippen LogP contribution in [-0.2, 0) is 9.59 Å². The first kappa shape index (κ1) is 15.4. The topological polar surface area (TPSA) is 142 Å². The van der Waals surface area contributed by atoms with Crippen molar-refractivity contribution in [3.63, 3.8) is 0 Å². The van der Waals surface area contributed by atoms with Gasteiger partial charge < -0.3 is 26.6 Å². The van der Waals surface area contributed by atoms with Gasteiger partial charge in [0.2, 0.25) is 5.91 Å². The van der Waals surface area contributed by atoms with E-state index < -0.39 is 36.6 Å². The molecule has 2 atom stereocenters. The summed E-state index contributed by atoms with van der Waals surface area (Å²) < 4.78 is 0. The zero-order chi connectivity index (χ0) is 15.1. The molecule has 1 aromatic rings. The number of hydrogen-bond donors (Lipinski definition) is 5. The molecule has 1 aromatic carbocycles. The number of rotatable bonds is 6. The van der Waals surface area contributed by atoms with Crippen LogP contribution in [0.5, 0.6) is 0 Å². The molecule has 0 aliphatic heterocycles. The molecule has 8 heteroatoms. The lowest BCUT2D eigenvalue weighted by atomic mass is 10.1. The lowest BCUT2D eigenvalue weighted by Gasteiger charge is -2.20. The molecule has 0 spiro atoms. The summed E-state index contributed by atoms with van der Waals surface area (Å²) >= 11 is 0. The fourth-order valence-corrected chi connectivity index (χ4v) is 1.53. The number of primary amides is 1. The molecule has 0 bridgehead atoms. The summed E-state index contributed by atoms with van der Waals surface area (Å²) in [5.41, 5.74) is 5.43. The SMILES string of the molecule is NC(=O)NC(C(=O)N[C@@H](CO)C(=O)O)c1ccccc1. The number of carboxylic acids is 1. The van der Waals surface area contributed by atoms with Crippen molar-refractivity contribution in [2.24, 2.45) is 5.73 Å². The molecule has 0 saturated heterocycles. The Bertz CT molecular complexity index is 491. The van der Waals surface area contributed by atoms with Crippen LogP contribution in [0.4, 0.5) is 4.79 Å². The molecule has 8 nitrogen and oxygen atoms in total. The molecular weight excluding hydrogens is 266 g/mol. The third kappa shape index (κ3) is 4.25. The monoisotopic (exact) mass is 281 g/mol. The minimum Gasteiger partial charge on any atom is -0.480 e. The number of amides is 3. The highest BCUT2D eigenvalue weighted by molar-refractivity contribution is 5.90. The van der Waals surface area contributed by atoms with E-state index in [4.69, 9.17) is 15.9 Å². The molecule has 0 radical (unpaired) electrons. The molecule has 108 valence electrons. The summed E-state index contributed by atoms with van der Waals surface area (Å²) in [5, 5.41) is 22.0. The summed E-state index contributed by atoms with van der Waals surface area (Å²) in [7, 11) is 0. The van der Waals surface area contributed by atoms with Gasteiger partial charge in [-0.05, 0) is 5.56 Å². The van der Waals surface area contributed by atoms with Crippen LogP contribution in [0.15, 0.2) is 30.3 Å². The van der Waals surface area contributed by atoms with E-state index in [2.05, 4.69) is 10.6 Å². The summed E-state index contributed by atoms with van der Waals surface area (Å²) in [4.78, 5) is 33.7. The maximum atomic E-state index is 12.0. The average Bonchev–Trinajstić information content (AvgIpc) is 2.42. The quantitative estimate of drug-likeness (QED) is 0.452. The van der Waals surface area contributed by atoms with Gasteiger partial charge in [0.05, 0.1) is 6.61 Å². The molecule has 0 heterocycles. The molecule has 0 fully saturated rings. The van der Waals surface area contributed by atoms with E-state index in [9.17, 15) is 14.4 Å². The first-order valence-corrected chi connectivity index (χ1v) is 5.70. The number of aliphatic carboxylic acids is 1. The van der Waals surface area contributed by atoms with Gasteiger partial charge >= 0.3 is 12.0 Å². The number of nitrogens with two attached hydrogens (primary N) is 1. The van der Waals surface area contributed by atoms with Gasteiger partial charge in [-0.25, -0.2) is 9.59 Å². The van der Waals surface area contributed by atoms with E-state index in [1.807, 2.05) is 0 Å². The highest BCUT2D eigenvalue weighted by Gasteiger charge is 2.26. The van der Waals surface area contributed by atoms with Crippen molar-refractivity contribution < 1.29 is 24.6 Å². The number of hydrogen-bond acceptors (Lipinski definition) is 4. The molecule has 0 saturated carbocycles. The highest BCUT2D eigenvalue weighted by atomic mass is 16.4. The van der Waals surface area contributed by atoms with Gasteiger partial charge in [0.1, 0.15) is 12.1 Å². The normalized spacial score (nSPS) is 13.1. The van der Waals surface area contributed by atoms with Gasteiger partial charge in [-0.1, -0.05) is 30.3 Å². The number of nitrogens with one attached hydrogen (secondary N) is 2. The third-order valence-electron chi connectivity index (χ3n) is 2.48. The van der Waals surface area contributed by atoms with Crippen LogP contribution >= 0.6 is 0 Å². The second-order valence-electron chi connectivity index (χ2n) is 3.93. The molecule has 0 aliphatic rings. The third-order valence-corrected chi connectivity index (χ3v) is 2.48. The molecular formula is C12H15N3O5. The van der Waals surface area contributed by atoms with E-state index in [1.54, 1.807) is 30.3 Å². The van der Waals surface area contributed by atoms with Crippen LogP contribution in [-0.4, -0.2) is 40.8 Å². The van der Waals surface area contributed by atoms with Gasteiger partial charge in [0.15, 0.2) is 0 Å². The lowest BCUT2D eigenvalue weighted by Crippen LogP contribution is -2.49. The average molecular weight is 281 g/mol. The van der Waals surface area contributed by atoms with Crippen molar-refractivity contribution in [2.75, 3.05) is 6.61 Å². The van der Waals surface area contributed by atoms with Gasteiger partial charge in [-0.2, -0.15) is 0 Å². The maximum absolute atomic E-state index is 12.0. The molecule has 0 aliphatic carbocycles. The van der Waals surface area contributed by atoms with E-state index in [1.165, 1.54) is 0 Å². The van der Waals surface area contributed by atoms with Crippen molar-refractivity contribution in [3.05, 3.63) is 35.9 Å². The fraction of sp³-hybridized carbons (Fsp3) is 0.250. The van der Waals surface area contributed by atoms with Crippen molar-refractivity contribution in [1.82, 2.24) is 10.6 Å². The summed E-state index contributed by atoms with van der Waals surface area (Å²) in [6, 6.07) is 4.66. The number of carbonyl (C=O) groups is 3. The van der Waals surface area contributed by atoms with E-state index in [0.29, 0.717) is 5.56 Å². The van der Waals surface area contributed by atoms with Gasteiger partial charge in [0.25, 0.3) is 0 Å². The summed E-state index contributed by atoms with van der Waals surface area (Å²) in [6.07, 6.45) is 0. The Morgan fingerprint density at radius 2 is 1.75 bits per heavy atom. The van der Waals surface area contributed by atoms with Gasteiger partial charge in [0, 0.05) is 0 Å². The van der Waals surface area contributed by atoms with Crippen LogP contribution in [0.2, 0.25) is 0 Å². The predicted octanol–water partition coefficient (Wildman–Crippen LogP) is -1.04. The van der Waals surface area contributed by atoms with Gasteiger partial charge in [-0.15, -0.1) is 0 Å². The van der Waals surface area contributed by atoms with E-state index in [-0.39, 0.29) is 0 Å². The second kappa shape index (κ2) is 7.10. The zero-order valence-electron chi connectivity index (χ0n) is 10.4. The Kier molecular flexibility index (Phi) is 5.48. The minimum atomic E-state index is -1.46. The minimum absolute atomic E-state index is 0.436. The Hall–Kier alpha value is -2.61. The summed E-state index contributed by atoms with van der Waals surface area (Å²) in [6.45, 7) is -0.765. The number of carboxylic acid groups (broad SMARTS) is 1. The largest absolute Gasteiger partial charge is 0.480 e. The Morgan fingerprint density at radius 3 is 2.20 bits per heavy atom. The number of benzene rings is 1. The highest BCUT2D eigenvalue weighted by Crippen LogP contribution is 2.12. The van der Waals surface area contributed by atoms with Gasteiger partial charge in [-0.3, -0.25) is 4.79 Å². The molecule has 20 heavy (non-hydrogen) atoms. The van der Waals surface area contributed by atoms with E-state index >= 15 is 0 Å². The van der Waals surface area contributed by atoms with Crippen LogP contribution < -0.4 is 16.4 Å². The zero-order valence-corrected chi connectivity index (χ0v) is 10.4. The van der Waals surface area contributed by atoms with Crippen molar-refractivity contribution in [3.8, 4) is 0 Å². The molecule has 3 amide bonds. The molecule has 6 N–H and O–H groups in total.